The van der Waals surface area contributed by atoms with E-state index in [4.69, 9.17) is 14.2 Å². The molecule has 6 heteroatoms. The molecule has 0 spiro atoms. The van der Waals surface area contributed by atoms with E-state index in [0.29, 0.717) is 23.9 Å². The van der Waals surface area contributed by atoms with Crippen LogP contribution in [0.25, 0.3) is 11.3 Å². The van der Waals surface area contributed by atoms with Gasteiger partial charge in [-0.25, -0.2) is 0 Å². The standard InChI is InChI=1S/C28H29N3O3/c1-32-25-15-22(16-26(33-2)28(25)34-19-21-11-7-4-8-12-21)27-23-18-31(14-13-24(23)29-30-27)17-20-9-5-3-6-10-20/h3-12,15-16H,13-14,17-19H2,1-2H3,(H,29,30). The van der Waals surface area contributed by atoms with Crippen LogP contribution in [0.2, 0.25) is 0 Å². The first-order chi connectivity index (χ1) is 16.7. The van der Waals surface area contributed by atoms with Crippen LogP contribution < -0.4 is 14.2 Å². The summed E-state index contributed by atoms with van der Waals surface area (Å²) < 4.78 is 17.5. The molecule has 0 saturated carbocycles. The van der Waals surface area contributed by atoms with E-state index in [1.165, 1.54) is 16.8 Å². The number of fused-ring (bicyclic) bond motifs is 1. The number of methoxy groups -OCH3 is 2. The third-order valence-corrected chi connectivity index (χ3v) is 6.22. The van der Waals surface area contributed by atoms with Gasteiger partial charge in [-0.05, 0) is 23.3 Å². The Labute approximate surface area is 200 Å². The lowest BCUT2D eigenvalue weighted by Crippen LogP contribution is -2.29. The van der Waals surface area contributed by atoms with Crippen molar-refractivity contribution in [2.75, 3.05) is 20.8 Å². The van der Waals surface area contributed by atoms with Crippen molar-refractivity contribution >= 4 is 0 Å². The van der Waals surface area contributed by atoms with Gasteiger partial charge in [0.25, 0.3) is 0 Å². The predicted molar refractivity (Wildman–Crippen MR) is 132 cm³/mol. The molecule has 6 nitrogen and oxygen atoms in total. The number of rotatable bonds is 8. The number of nitrogens with zero attached hydrogens (tertiary/aromatic N) is 2. The molecule has 0 unspecified atom stereocenters. The molecule has 0 saturated heterocycles. The molecule has 1 aromatic heterocycles. The summed E-state index contributed by atoms with van der Waals surface area (Å²) in [5.74, 6) is 1.84. The number of H-pyrrole nitrogens is 1. The molecule has 0 aliphatic carbocycles. The van der Waals surface area contributed by atoms with Gasteiger partial charge in [0.05, 0.1) is 19.9 Å². The van der Waals surface area contributed by atoms with Gasteiger partial charge in [0.2, 0.25) is 5.75 Å². The van der Waals surface area contributed by atoms with E-state index in [-0.39, 0.29) is 0 Å². The van der Waals surface area contributed by atoms with E-state index in [0.717, 1.165) is 42.9 Å². The number of benzene rings is 3. The highest BCUT2D eigenvalue weighted by Crippen LogP contribution is 2.43. The molecule has 1 aliphatic rings. The van der Waals surface area contributed by atoms with Crippen molar-refractivity contribution < 1.29 is 14.2 Å². The summed E-state index contributed by atoms with van der Waals surface area (Å²) in [6.45, 7) is 3.19. The minimum atomic E-state index is 0.430. The largest absolute Gasteiger partial charge is 0.493 e. The molecular weight excluding hydrogens is 426 g/mol. The number of ether oxygens (including phenoxy) is 3. The van der Waals surface area contributed by atoms with E-state index in [2.05, 4.69) is 45.4 Å². The SMILES string of the molecule is COc1cc(-c2n[nH]c3c2CN(Cc2ccccc2)CC3)cc(OC)c1OCc1ccccc1. The first-order valence-corrected chi connectivity index (χ1v) is 11.5. The fourth-order valence-corrected chi connectivity index (χ4v) is 4.45. The van der Waals surface area contributed by atoms with Crippen molar-refractivity contribution in [1.82, 2.24) is 15.1 Å². The number of nitrogens with one attached hydrogen (secondary N) is 1. The number of aromatic amines is 1. The van der Waals surface area contributed by atoms with E-state index in [1.807, 2.05) is 42.5 Å². The van der Waals surface area contributed by atoms with Crippen LogP contribution in [-0.4, -0.2) is 35.9 Å². The maximum absolute atomic E-state index is 6.12. The summed E-state index contributed by atoms with van der Waals surface area (Å²) in [4.78, 5) is 2.46. The number of hydrogen-bond donors (Lipinski definition) is 1. The second kappa shape index (κ2) is 10.0. The van der Waals surface area contributed by atoms with Crippen LogP contribution in [0.4, 0.5) is 0 Å². The summed E-state index contributed by atoms with van der Waals surface area (Å²) >= 11 is 0. The van der Waals surface area contributed by atoms with Gasteiger partial charge in [-0.15, -0.1) is 0 Å². The van der Waals surface area contributed by atoms with Crippen molar-refractivity contribution in [3.8, 4) is 28.5 Å². The maximum atomic E-state index is 6.12. The zero-order valence-corrected chi connectivity index (χ0v) is 19.6. The Kier molecular flexibility index (Phi) is 6.49. The van der Waals surface area contributed by atoms with Crippen LogP contribution in [0, 0.1) is 0 Å². The lowest BCUT2D eigenvalue weighted by atomic mass is 10.00. The third-order valence-electron chi connectivity index (χ3n) is 6.22. The Morgan fingerprint density at radius 3 is 2.18 bits per heavy atom. The Morgan fingerprint density at radius 1 is 0.882 bits per heavy atom. The molecule has 2 heterocycles. The maximum Gasteiger partial charge on any atom is 0.203 e. The summed E-state index contributed by atoms with van der Waals surface area (Å²) in [6.07, 6.45) is 0.946. The average Bonchev–Trinajstić information content (AvgIpc) is 3.31. The van der Waals surface area contributed by atoms with E-state index < -0.39 is 0 Å². The molecule has 1 N–H and O–H groups in total. The molecule has 0 amide bonds. The van der Waals surface area contributed by atoms with Crippen molar-refractivity contribution in [3.63, 3.8) is 0 Å². The zero-order chi connectivity index (χ0) is 23.3. The minimum absolute atomic E-state index is 0.430. The van der Waals surface area contributed by atoms with Crippen LogP contribution in [0.5, 0.6) is 17.2 Å². The van der Waals surface area contributed by atoms with Crippen LogP contribution in [0.15, 0.2) is 72.8 Å². The highest BCUT2D eigenvalue weighted by Gasteiger charge is 2.25. The van der Waals surface area contributed by atoms with Gasteiger partial charge in [0.15, 0.2) is 11.5 Å². The molecule has 4 aromatic rings. The second-order valence-corrected chi connectivity index (χ2v) is 8.46. The first kappa shape index (κ1) is 22.0. The topological polar surface area (TPSA) is 59.6 Å². The first-order valence-electron chi connectivity index (χ1n) is 11.5. The van der Waals surface area contributed by atoms with Crippen LogP contribution in [0.3, 0.4) is 0 Å². The van der Waals surface area contributed by atoms with Crippen LogP contribution in [-0.2, 0) is 26.1 Å². The third kappa shape index (κ3) is 4.63. The lowest BCUT2D eigenvalue weighted by Gasteiger charge is -2.27. The van der Waals surface area contributed by atoms with Gasteiger partial charge in [-0.2, -0.15) is 5.10 Å². The summed E-state index contributed by atoms with van der Waals surface area (Å²) in [5, 5.41) is 7.94. The van der Waals surface area contributed by atoms with Gasteiger partial charge < -0.3 is 14.2 Å². The smallest absolute Gasteiger partial charge is 0.203 e. The van der Waals surface area contributed by atoms with E-state index in [1.54, 1.807) is 14.2 Å². The molecule has 0 bridgehead atoms. The number of aromatic nitrogens is 2. The molecule has 34 heavy (non-hydrogen) atoms. The normalized spacial score (nSPS) is 13.4. The second-order valence-electron chi connectivity index (χ2n) is 8.46. The Bertz CT molecular complexity index is 1210. The monoisotopic (exact) mass is 455 g/mol. The molecule has 0 fully saturated rings. The summed E-state index contributed by atoms with van der Waals surface area (Å²) in [5.41, 5.74) is 6.69. The van der Waals surface area contributed by atoms with Crippen molar-refractivity contribution in [3.05, 3.63) is 95.2 Å². The molecular formula is C28H29N3O3. The Morgan fingerprint density at radius 2 is 1.53 bits per heavy atom. The molecule has 174 valence electrons. The molecule has 5 rings (SSSR count). The van der Waals surface area contributed by atoms with Crippen molar-refractivity contribution in [2.24, 2.45) is 0 Å². The summed E-state index contributed by atoms with van der Waals surface area (Å²) in [7, 11) is 3.30. The van der Waals surface area contributed by atoms with Gasteiger partial charge in [0, 0.05) is 42.9 Å². The van der Waals surface area contributed by atoms with Crippen LogP contribution >= 0.6 is 0 Å². The average molecular weight is 456 g/mol. The van der Waals surface area contributed by atoms with Crippen LogP contribution in [0.1, 0.15) is 22.4 Å². The van der Waals surface area contributed by atoms with E-state index >= 15 is 0 Å². The van der Waals surface area contributed by atoms with Crippen molar-refractivity contribution in [2.45, 2.75) is 26.1 Å². The molecule has 0 atom stereocenters. The van der Waals surface area contributed by atoms with Gasteiger partial charge in [-0.3, -0.25) is 10.00 Å². The van der Waals surface area contributed by atoms with Gasteiger partial charge in [-0.1, -0.05) is 60.7 Å². The fourth-order valence-electron chi connectivity index (χ4n) is 4.45. The highest BCUT2D eigenvalue weighted by molar-refractivity contribution is 5.71. The highest BCUT2D eigenvalue weighted by atomic mass is 16.5. The number of hydrogen-bond acceptors (Lipinski definition) is 5. The minimum Gasteiger partial charge on any atom is -0.493 e. The van der Waals surface area contributed by atoms with Gasteiger partial charge >= 0.3 is 0 Å². The predicted octanol–water partition coefficient (Wildman–Crippen LogP) is 5.23. The van der Waals surface area contributed by atoms with Gasteiger partial charge in [0.1, 0.15) is 6.61 Å². The Hall–Kier alpha value is -3.77. The van der Waals surface area contributed by atoms with Crippen molar-refractivity contribution in [1.29, 1.82) is 0 Å². The lowest BCUT2D eigenvalue weighted by molar-refractivity contribution is 0.245. The molecule has 1 aliphatic heterocycles. The Balaban J connectivity index is 1.42. The quantitative estimate of drug-likeness (QED) is 0.394. The zero-order valence-electron chi connectivity index (χ0n) is 19.6. The van der Waals surface area contributed by atoms with E-state index in [9.17, 15) is 0 Å². The fraction of sp³-hybridized carbons (Fsp3) is 0.250. The summed E-state index contributed by atoms with van der Waals surface area (Å²) in [6, 6.07) is 24.6. The molecule has 0 radical (unpaired) electrons. The molecule has 3 aromatic carbocycles.